The van der Waals surface area contributed by atoms with E-state index in [2.05, 4.69) is 20.4 Å². The van der Waals surface area contributed by atoms with Crippen LogP contribution >= 0.6 is 0 Å². The molecule has 0 unspecified atom stereocenters. The van der Waals surface area contributed by atoms with Gasteiger partial charge in [0.25, 0.3) is 0 Å². The average Bonchev–Trinajstić information content (AvgIpc) is 2.67. The second kappa shape index (κ2) is 4.61. The number of fused-ring (bicyclic) bond motifs is 2. The number of Topliss-reactive ketones (excluding diaryl/α,β-unsaturated/α-hetero) is 1. The first-order valence-electron chi connectivity index (χ1n) is 9.70. The van der Waals surface area contributed by atoms with Gasteiger partial charge in [-0.3, -0.25) is 4.79 Å². The van der Waals surface area contributed by atoms with Crippen LogP contribution in [0.15, 0.2) is 12.2 Å². The molecule has 0 amide bonds. The third kappa shape index (κ3) is 1.44. The van der Waals surface area contributed by atoms with Crippen LogP contribution in [0.2, 0.25) is 0 Å². The summed E-state index contributed by atoms with van der Waals surface area (Å²) < 4.78 is 5.83. The molecule has 0 aromatic heterocycles. The largest absolute Gasteiger partial charge is 0.393 e. The predicted octanol–water partition coefficient (Wildman–Crippen LogP) is 0.376. The lowest BCUT2D eigenvalue weighted by molar-refractivity contribution is -0.456. The van der Waals surface area contributed by atoms with Gasteiger partial charge in [-0.1, -0.05) is 26.8 Å². The normalized spacial score (nSPS) is 59.9. The highest BCUT2D eigenvalue weighted by Gasteiger charge is 2.87. The van der Waals surface area contributed by atoms with E-state index in [-0.39, 0.29) is 29.9 Å². The van der Waals surface area contributed by atoms with Gasteiger partial charge in [0.1, 0.15) is 11.5 Å². The highest BCUT2D eigenvalue weighted by molar-refractivity contribution is 6.05. The summed E-state index contributed by atoms with van der Waals surface area (Å²) in [7, 11) is 0. The second-order valence-electron chi connectivity index (χ2n) is 10.0. The van der Waals surface area contributed by atoms with Gasteiger partial charge in [-0.05, 0) is 30.3 Å². The molecule has 26 heavy (non-hydrogen) atoms. The zero-order valence-corrected chi connectivity index (χ0v) is 15.3. The van der Waals surface area contributed by atoms with Crippen LogP contribution in [0.1, 0.15) is 39.5 Å². The van der Waals surface area contributed by atoms with Crippen molar-refractivity contribution in [1.82, 2.24) is 0 Å². The number of aliphatic hydroxyl groups is 4. The first kappa shape index (κ1) is 17.3. The van der Waals surface area contributed by atoms with Crippen LogP contribution in [0, 0.1) is 34.0 Å². The summed E-state index contributed by atoms with van der Waals surface area (Å²) in [6, 6.07) is 0. The van der Waals surface area contributed by atoms with Crippen molar-refractivity contribution in [3.05, 3.63) is 12.2 Å². The molecule has 4 aliphatic carbocycles. The summed E-state index contributed by atoms with van der Waals surface area (Å²) in [4.78, 5) is 13.4. The van der Waals surface area contributed by atoms with E-state index in [0.29, 0.717) is 6.42 Å². The number of carbonyl (C=O) groups is 1. The SMILES string of the molecule is C=C1C(=O)[C@@]23[C@@H](O)[C@@H]1C[C@H](O)[C@H]2[C@]12CCCC(C)(C)[C@H]1[C@H](O)[C@@]3(O)OC2. The van der Waals surface area contributed by atoms with E-state index in [1.165, 1.54) is 0 Å². The molecule has 6 nitrogen and oxygen atoms in total. The highest BCUT2D eigenvalue weighted by atomic mass is 16.6. The Labute approximate surface area is 152 Å². The monoisotopic (exact) mass is 364 g/mol. The summed E-state index contributed by atoms with van der Waals surface area (Å²) in [5.74, 6) is -4.19. The Morgan fingerprint density at radius 3 is 2.50 bits per heavy atom. The number of ketones is 1. The molecule has 6 fully saturated rings. The Morgan fingerprint density at radius 2 is 1.81 bits per heavy atom. The Bertz CT molecular complexity index is 717. The Morgan fingerprint density at radius 1 is 1.12 bits per heavy atom. The third-order valence-corrected chi connectivity index (χ3v) is 8.75. The summed E-state index contributed by atoms with van der Waals surface area (Å²) in [6.45, 7) is 8.18. The fraction of sp³-hybridized carbons (Fsp3) is 0.850. The molecule has 0 radical (unpaired) electrons. The molecule has 144 valence electrons. The molecule has 2 saturated heterocycles. The second-order valence-corrected chi connectivity index (χ2v) is 10.0. The van der Waals surface area contributed by atoms with Gasteiger partial charge >= 0.3 is 0 Å². The van der Waals surface area contributed by atoms with Crippen molar-refractivity contribution in [1.29, 1.82) is 0 Å². The molecule has 6 rings (SSSR count). The van der Waals surface area contributed by atoms with Crippen molar-refractivity contribution in [3.63, 3.8) is 0 Å². The maximum Gasteiger partial charge on any atom is 0.208 e. The fourth-order valence-electron chi connectivity index (χ4n) is 8.03. The Balaban J connectivity index is 1.82. The topological polar surface area (TPSA) is 107 Å². The lowest BCUT2D eigenvalue weighted by Gasteiger charge is -2.74. The molecular weight excluding hydrogens is 336 g/mol. The molecule has 2 spiro atoms. The van der Waals surface area contributed by atoms with Crippen molar-refractivity contribution >= 4 is 5.78 Å². The number of hydrogen-bond donors (Lipinski definition) is 4. The van der Waals surface area contributed by atoms with Crippen molar-refractivity contribution < 1.29 is 30.0 Å². The number of hydrogen-bond acceptors (Lipinski definition) is 6. The van der Waals surface area contributed by atoms with Gasteiger partial charge in [-0.25, -0.2) is 0 Å². The molecule has 0 aromatic rings. The van der Waals surface area contributed by atoms with Crippen LogP contribution in [0.3, 0.4) is 0 Å². The van der Waals surface area contributed by atoms with Gasteiger partial charge in [0, 0.05) is 23.2 Å². The van der Waals surface area contributed by atoms with Gasteiger partial charge in [-0.15, -0.1) is 0 Å². The molecule has 2 heterocycles. The Kier molecular flexibility index (Phi) is 3.07. The molecule has 9 atom stereocenters. The van der Waals surface area contributed by atoms with Gasteiger partial charge in [0.2, 0.25) is 5.79 Å². The molecule has 0 aromatic carbocycles. The summed E-state index contributed by atoms with van der Waals surface area (Å²) >= 11 is 0. The van der Waals surface area contributed by atoms with Gasteiger partial charge in [0.05, 0.1) is 18.8 Å². The summed E-state index contributed by atoms with van der Waals surface area (Å²) in [5, 5.41) is 45.1. The molecular formula is C20H28O6. The van der Waals surface area contributed by atoms with E-state index in [1.807, 2.05) is 0 Å². The van der Waals surface area contributed by atoms with E-state index in [1.54, 1.807) is 0 Å². The number of aliphatic hydroxyl groups excluding tert-OH is 3. The molecule has 4 N–H and O–H groups in total. The Hall–Kier alpha value is -0.790. The minimum Gasteiger partial charge on any atom is -0.393 e. The zero-order chi connectivity index (χ0) is 18.9. The molecule has 6 aliphatic rings. The number of ether oxygens (including phenoxy) is 1. The van der Waals surface area contributed by atoms with Crippen LogP contribution in [-0.4, -0.2) is 56.9 Å². The standard InChI is InChI=1S/C20H28O6/c1-9-10-7-11(21)12-18-6-4-5-17(2,3)13(18)16(24)20(25,26-8-18)19(12,14(9)22)15(10)23/h10-13,15-16,21,23-25H,1,4-8H2,2-3H3/t10-,11+,12+,13-,15+,16+,18-,19-,20-/m1/s1. The fourth-order valence-corrected chi connectivity index (χ4v) is 8.03. The van der Waals surface area contributed by atoms with E-state index in [0.717, 1.165) is 12.8 Å². The molecule has 4 bridgehead atoms. The minimum atomic E-state index is -2.20. The number of rotatable bonds is 0. The summed E-state index contributed by atoms with van der Waals surface area (Å²) in [6.07, 6.45) is -0.572. The lowest BCUT2D eigenvalue weighted by atomic mass is 9.36. The first-order valence-corrected chi connectivity index (χ1v) is 9.70. The minimum absolute atomic E-state index is 0.190. The predicted molar refractivity (Wildman–Crippen MR) is 90.7 cm³/mol. The zero-order valence-electron chi connectivity index (χ0n) is 15.3. The van der Waals surface area contributed by atoms with E-state index in [9.17, 15) is 25.2 Å². The average molecular weight is 364 g/mol. The van der Waals surface area contributed by atoms with Crippen molar-refractivity contribution in [2.45, 2.75) is 63.6 Å². The van der Waals surface area contributed by atoms with Crippen LogP contribution in [0.4, 0.5) is 0 Å². The van der Waals surface area contributed by atoms with Gasteiger partial charge in [-0.2, -0.15) is 0 Å². The van der Waals surface area contributed by atoms with E-state index >= 15 is 0 Å². The smallest absolute Gasteiger partial charge is 0.208 e. The van der Waals surface area contributed by atoms with E-state index in [4.69, 9.17) is 4.74 Å². The molecule has 4 saturated carbocycles. The van der Waals surface area contributed by atoms with Crippen molar-refractivity contribution in [2.75, 3.05) is 6.61 Å². The van der Waals surface area contributed by atoms with Crippen molar-refractivity contribution in [2.24, 2.45) is 34.0 Å². The maximum absolute atomic E-state index is 13.4. The van der Waals surface area contributed by atoms with Crippen LogP contribution in [0.25, 0.3) is 0 Å². The molecule has 2 aliphatic heterocycles. The van der Waals surface area contributed by atoms with Crippen LogP contribution < -0.4 is 0 Å². The van der Waals surface area contributed by atoms with Crippen LogP contribution in [0.5, 0.6) is 0 Å². The summed E-state index contributed by atoms with van der Waals surface area (Å²) in [5.41, 5.74) is -2.40. The first-order chi connectivity index (χ1) is 12.1. The molecule has 6 heteroatoms. The number of carbonyl (C=O) groups excluding carboxylic acids is 1. The quantitative estimate of drug-likeness (QED) is 0.463. The highest BCUT2D eigenvalue weighted by Crippen LogP contribution is 2.76. The third-order valence-electron chi connectivity index (χ3n) is 8.75. The van der Waals surface area contributed by atoms with Gasteiger partial charge < -0.3 is 25.2 Å². The van der Waals surface area contributed by atoms with Crippen molar-refractivity contribution in [3.8, 4) is 0 Å². The lowest BCUT2D eigenvalue weighted by Crippen LogP contribution is -2.85. The maximum atomic E-state index is 13.4. The van der Waals surface area contributed by atoms with Crippen LogP contribution in [-0.2, 0) is 9.53 Å². The van der Waals surface area contributed by atoms with Gasteiger partial charge in [0.15, 0.2) is 5.78 Å². The van der Waals surface area contributed by atoms with E-state index < -0.39 is 52.5 Å².